The molecule has 0 radical (unpaired) electrons. The summed E-state index contributed by atoms with van der Waals surface area (Å²) in [6.07, 6.45) is -0.282. The number of phosphoric acid groups is 1. The van der Waals surface area contributed by atoms with Gasteiger partial charge in [0.25, 0.3) is 0 Å². The molecule has 0 aliphatic rings. The van der Waals surface area contributed by atoms with Gasteiger partial charge in [0.1, 0.15) is 11.6 Å². The molecule has 0 saturated carbocycles. The van der Waals surface area contributed by atoms with E-state index >= 15 is 0 Å². The van der Waals surface area contributed by atoms with Gasteiger partial charge in [-0.3, -0.25) is 9.32 Å². The van der Waals surface area contributed by atoms with Gasteiger partial charge in [-0.1, -0.05) is 0 Å². The van der Waals surface area contributed by atoms with E-state index in [-0.39, 0.29) is 11.3 Å². The van der Waals surface area contributed by atoms with Gasteiger partial charge in [0.15, 0.2) is 12.3 Å². The number of phosphoric ester groups is 1. The molecule has 2 unspecified atom stereocenters. The van der Waals surface area contributed by atoms with Crippen LogP contribution in [0.3, 0.4) is 0 Å². The van der Waals surface area contributed by atoms with Crippen molar-refractivity contribution in [2.75, 3.05) is 0 Å². The van der Waals surface area contributed by atoms with Crippen LogP contribution < -0.4 is 5.73 Å². The van der Waals surface area contributed by atoms with Crippen LogP contribution >= 0.6 is 7.82 Å². The van der Waals surface area contributed by atoms with Crippen LogP contribution in [0.5, 0.6) is 5.75 Å². The van der Waals surface area contributed by atoms with E-state index in [1.165, 1.54) is 12.1 Å². The average Bonchev–Trinajstić information content (AvgIpc) is 2.44. The molecule has 0 aliphatic heterocycles. The number of aliphatic hydroxyl groups excluding tert-OH is 1. The Labute approximate surface area is 139 Å². The topological polar surface area (TPSA) is 208 Å². The monoisotopic (exact) mass is 383 g/mol. The van der Waals surface area contributed by atoms with E-state index in [4.69, 9.17) is 35.9 Å². The molecule has 140 valence electrons. The van der Waals surface area contributed by atoms with Gasteiger partial charge >= 0.3 is 19.8 Å². The first-order valence-corrected chi connectivity index (χ1v) is 7.66. The lowest BCUT2D eigenvalue weighted by molar-refractivity contribution is -0.148. The van der Waals surface area contributed by atoms with Crippen molar-refractivity contribution in [3.05, 3.63) is 35.7 Å². The number of halogens is 1. The van der Waals surface area contributed by atoms with Crippen molar-refractivity contribution in [1.82, 2.24) is 0 Å². The van der Waals surface area contributed by atoms with Crippen molar-refractivity contribution in [2.24, 2.45) is 5.73 Å². The Hall–Kier alpha value is -2.34. The van der Waals surface area contributed by atoms with Crippen LogP contribution in [0.1, 0.15) is 5.56 Å². The molecule has 0 aliphatic carbocycles. The smallest absolute Gasteiger partial charge is 0.471 e. The number of aliphatic carboxylic acids is 2. The van der Waals surface area contributed by atoms with E-state index in [0.717, 1.165) is 18.2 Å². The van der Waals surface area contributed by atoms with Crippen LogP contribution in [0.25, 0.3) is 6.08 Å². The number of rotatable bonds is 6. The van der Waals surface area contributed by atoms with Gasteiger partial charge < -0.3 is 35.9 Å². The Kier molecular flexibility index (Phi) is 8.91. The second-order valence-corrected chi connectivity index (χ2v) is 5.42. The van der Waals surface area contributed by atoms with Crippen LogP contribution in [0.15, 0.2) is 24.3 Å². The quantitative estimate of drug-likeness (QED) is 0.188. The Morgan fingerprint density at radius 3 is 2.24 bits per heavy atom. The molecule has 0 spiro atoms. The van der Waals surface area contributed by atoms with Crippen molar-refractivity contribution in [1.29, 1.82) is 0 Å². The Bertz CT molecular complexity index is 688. The van der Waals surface area contributed by atoms with Crippen LogP contribution in [0.2, 0.25) is 0 Å². The van der Waals surface area contributed by atoms with E-state index in [9.17, 15) is 18.5 Å². The van der Waals surface area contributed by atoms with Crippen LogP contribution in [0.4, 0.5) is 4.39 Å². The third-order valence-corrected chi connectivity index (χ3v) is 2.72. The standard InChI is InChI=1S/C9H7FO3.C3H8NO7P/c10-8-5-7(11)3-1-6(8)2-4-9(12)13;4-1(2(5)6)3(7)11-12(8,9)10/h1-5,11H,(H,12,13);1,3,7H,4H2,(H,5,6)(H2,8,9,10)/b4-2+;. The fourth-order valence-electron chi connectivity index (χ4n) is 1.14. The number of carbonyl (C=O) groups is 2. The maximum Gasteiger partial charge on any atom is 0.471 e. The van der Waals surface area contributed by atoms with Crippen molar-refractivity contribution >= 4 is 25.8 Å². The molecule has 25 heavy (non-hydrogen) atoms. The number of phenols is 1. The number of carboxylic acids is 2. The van der Waals surface area contributed by atoms with E-state index in [1.54, 1.807) is 0 Å². The summed E-state index contributed by atoms with van der Waals surface area (Å²) in [6, 6.07) is 1.61. The number of carboxylic acid groups (broad SMARTS) is 2. The molecule has 1 aromatic carbocycles. The van der Waals surface area contributed by atoms with Gasteiger partial charge in [0.2, 0.25) is 0 Å². The van der Waals surface area contributed by atoms with E-state index in [1.807, 2.05) is 0 Å². The zero-order valence-electron chi connectivity index (χ0n) is 12.3. The molecular formula is C12H15FNO10P. The summed E-state index contributed by atoms with van der Waals surface area (Å²) in [6.45, 7) is 0. The highest BCUT2D eigenvalue weighted by Gasteiger charge is 2.29. The van der Waals surface area contributed by atoms with Gasteiger partial charge in [0, 0.05) is 17.7 Å². The third kappa shape index (κ3) is 10.2. The molecule has 1 rings (SSSR count). The van der Waals surface area contributed by atoms with Crippen LogP contribution in [0, 0.1) is 5.82 Å². The summed E-state index contributed by atoms with van der Waals surface area (Å²) in [4.78, 5) is 36.3. The fraction of sp³-hybridized carbons (Fsp3) is 0.167. The number of benzene rings is 1. The highest BCUT2D eigenvalue weighted by Crippen LogP contribution is 2.37. The van der Waals surface area contributed by atoms with E-state index in [0.29, 0.717) is 0 Å². The number of aromatic hydroxyl groups is 1. The average molecular weight is 383 g/mol. The Morgan fingerprint density at radius 1 is 1.28 bits per heavy atom. The van der Waals surface area contributed by atoms with Gasteiger partial charge in [-0.25, -0.2) is 13.8 Å². The molecule has 0 amide bonds. The molecular weight excluding hydrogens is 368 g/mol. The first-order valence-electron chi connectivity index (χ1n) is 6.13. The first-order chi connectivity index (χ1) is 11.3. The highest BCUT2D eigenvalue weighted by molar-refractivity contribution is 7.46. The van der Waals surface area contributed by atoms with Gasteiger partial charge in [-0.15, -0.1) is 0 Å². The van der Waals surface area contributed by atoms with Crippen LogP contribution in [-0.4, -0.2) is 54.5 Å². The molecule has 11 nitrogen and oxygen atoms in total. The molecule has 2 atom stereocenters. The summed E-state index contributed by atoms with van der Waals surface area (Å²) in [5, 5.41) is 33.8. The predicted octanol–water partition coefficient (Wildman–Crippen LogP) is -0.545. The Balaban J connectivity index is 0.000000463. The lowest BCUT2D eigenvalue weighted by atomic mass is 10.2. The summed E-state index contributed by atoms with van der Waals surface area (Å²) in [7, 11) is -4.91. The summed E-state index contributed by atoms with van der Waals surface area (Å²) >= 11 is 0. The zero-order valence-corrected chi connectivity index (χ0v) is 13.2. The van der Waals surface area contributed by atoms with Gasteiger partial charge in [-0.05, 0) is 18.2 Å². The molecule has 13 heteroatoms. The summed E-state index contributed by atoms with van der Waals surface area (Å²) in [5.41, 5.74) is 4.87. The van der Waals surface area contributed by atoms with E-state index < -0.39 is 37.9 Å². The normalized spacial score (nSPS) is 13.6. The minimum Gasteiger partial charge on any atom is -0.508 e. The molecule has 0 aromatic heterocycles. The molecule has 0 heterocycles. The number of hydrogen-bond acceptors (Lipinski definition) is 7. The second-order valence-electron chi connectivity index (χ2n) is 4.23. The first kappa shape index (κ1) is 22.7. The van der Waals surface area contributed by atoms with Crippen molar-refractivity contribution in [2.45, 2.75) is 12.3 Å². The number of nitrogens with two attached hydrogens (primary N) is 1. The van der Waals surface area contributed by atoms with Crippen molar-refractivity contribution < 1.29 is 53.3 Å². The minimum absolute atomic E-state index is 0.125. The number of phenolic OH excluding ortho intramolecular Hbond substituents is 1. The van der Waals surface area contributed by atoms with Gasteiger partial charge in [0.05, 0.1) is 0 Å². The highest BCUT2D eigenvalue weighted by atomic mass is 31.2. The maximum atomic E-state index is 12.9. The Morgan fingerprint density at radius 2 is 1.84 bits per heavy atom. The van der Waals surface area contributed by atoms with Crippen molar-refractivity contribution in [3.63, 3.8) is 0 Å². The van der Waals surface area contributed by atoms with E-state index in [2.05, 4.69) is 4.52 Å². The fourth-order valence-corrected chi connectivity index (χ4v) is 1.55. The maximum absolute atomic E-state index is 12.9. The second kappa shape index (κ2) is 9.84. The molecule has 0 saturated heterocycles. The molecule has 0 fully saturated rings. The minimum atomic E-state index is -4.91. The number of aliphatic hydroxyl groups is 1. The van der Waals surface area contributed by atoms with Crippen LogP contribution in [-0.2, 0) is 18.7 Å². The summed E-state index contributed by atoms with van der Waals surface area (Å²) < 4.78 is 26.5. The third-order valence-electron chi connectivity index (χ3n) is 2.23. The molecule has 8 N–H and O–H groups in total. The molecule has 0 bridgehead atoms. The number of hydrogen-bond donors (Lipinski definition) is 7. The lowest BCUT2D eigenvalue weighted by Gasteiger charge is -2.15. The van der Waals surface area contributed by atoms with Crippen molar-refractivity contribution in [3.8, 4) is 5.75 Å². The largest absolute Gasteiger partial charge is 0.508 e. The predicted molar refractivity (Wildman–Crippen MR) is 79.5 cm³/mol. The summed E-state index contributed by atoms with van der Waals surface area (Å²) in [5.74, 6) is -3.62. The SMILES string of the molecule is NC(C(=O)O)C(O)OP(=O)(O)O.O=C(O)/C=C/c1ccc(O)cc1F. The molecule has 1 aromatic rings. The van der Waals surface area contributed by atoms with Gasteiger partial charge in [-0.2, -0.15) is 0 Å². The lowest BCUT2D eigenvalue weighted by Crippen LogP contribution is -2.42. The zero-order chi connectivity index (χ0) is 19.8.